The van der Waals surface area contributed by atoms with Crippen molar-refractivity contribution in [3.63, 3.8) is 0 Å². The zero-order valence-electron chi connectivity index (χ0n) is 23.0. The number of nitrogens with two attached hydrogens (primary N) is 1. The topological polar surface area (TPSA) is 119 Å². The molecule has 10 heteroatoms. The molecule has 2 atom stereocenters. The SMILES string of the molecule is CCC(C(=O)NC1CCN(CCC(N)(C(=O)OC(C)(C)C)c2cccs2)CC1)c1ccc(S(C)(=O)=O)cc1. The van der Waals surface area contributed by atoms with E-state index in [1.807, 2.05) is 45.2 Å². The van der Waals surface area contributed by atoms with Crippen LogP contribution in [0.2, 0.25) is 0 Å². The van der Waals surface area contributed by atoms with Crippen LogP contribution in [0, 0.1) is 0 Å². The van der Waals surface area contributed by atoms with Crippen molar-refractivity contribution in [3.05, 3.63) is 52.2 Å². The van der Waals surface area contributed by atoms with E-state index in [2.05, 4.69) is 10.2 Å². The van der Waals surface area contributed by atoms with Crippen LogP contribution in [0.3, 0.4) is 0 Å². The van der Waals surface area contributed by atoms with E-state index < -0.39 is 26.9 Å². The number of carbonyl (C=O) groups is 2. The average Bonchev–Trinajstić information content (AvgIpc) is 3.38. The largest absolute Gasteiger partial charge is 0.458 e. The van der Waals surface area contributed by atoms with Crippen molar-refractivity contribution in [1.82, 2.24) is 10.2 Å². The number of likely N-dealkylation sites (tertiary alicyclic amines) is 1. The first-order valence-electron chi connectivity index (χ1n) is 13.1. The lowest BCUT2D eigenvalue weighted by atomic mass is 9.92. The molecule has 3 rings (SSSR count). The second-order valence-electron chi connectivity index (χ2n) is 11.1. The normalized spacial score (nSPS) is 17.9. The number of thiophene rings is 1. The van der Waals surface area contributed by atoms with E-state index in [1.54, 1.807) is 24.3 Å². The third-order valence-electron chi connectivity index (χ3n) is 6.92. The number of benzene rings is 1. The first-order chi connectivity index (χ1) is 17.7. The van der Waals surface area contributed by atoms with E-state index in [9.17, 15) is 18.0 Å². The molecule has 0 aliphatic carbocycles. The lowest BCUT2D eigenvalue weighted by Crippen LogP contribution is -2.51. The van der Waals surface area contributed by atoms with E-state index in [1.165, 1.54) is 17.6 Å². The van der Waals surface area contributed by atoms with E-state index in [4.69, 9.17) is 10.5 Å². The highest BCUT2D eigenvalue weighted by molar-refractivity contribution is 7.90. The Bertz CT molecular complexity index is 1180. The van der Waals surface area contributed by atoms with Crippen molar-refractivity contribution >= 4 is 33.1 Å². The smallest absolute Gasteiger partial charge is 0.332 e. The maximum atomic E-state index is 13.1. The quantitative estimate of drug-likeness (QED) is 0.422. The lowest BCUT2D eigenvalue weighted by molar-refractivity contribution is -0.162. The number of carbonyl (C=O) groups excluding carboxylic acids is 2. The molecule has 1 aromatic carbocycles. The summed E-state index contributed by atoms with van der Waals surface area (Å²) in [5, 5.41) is 5.11. The maximum absolute atomic E-state index is 13.1. The summed E-state index contributed by atoms with van der Waals surface area (Å²) in [5.41, 5.74) is 5.67. The van der Waals surface area contributed by atoms with Crippen LogP contribution in [-0.2, 0) is 29.7 Å². The Morgan fingerprint density at radius 2 is 1.79 bits per heavy atom. The highest BCUT2D eigenvalue weighted by atomic mass is 32.2. The Labute approximate surface area is 230 Å². The van der Waals surface area contributed by atoms with Gasteiger partial charge in [-0.3, -0.25) is 4.79 Å². The molecule has 8 nitrogen and oxygen atoms in total. The van der Waals surface area contributed by atoms with E-state index in [-0.39, 0.29) is 22.8 Å². The fourth-order valence-electron chi connectivity index (χ4n) is 4.68. The number of nitrogens with zero attached hydrogens (tertiary/aromatic N) is 1. The van der Waals surface area contributed by atoms with Gasteiger partial charge in [-0.05, 0) is 75.6 Å². The molecule has 1 saturated heterocycles. The summed E-state index contributed by atoms with van der Waals surface area (Å²) in [6.45, 7) is 9.71. The van der Waals surface area contributed by atoms with Crippen molar-refractivity contribution in [2.24, 2.45) is 5.73 Å². The molecule has 1 aromatic heterocycles. The molecular weight excluding hydrogens is 522 g/mol. The van der Waals surface area contributed by atoms with E-state index >= 15 is 0 Å². The second kappa shape index (κ2) is 12.3. The number of ether oxygens (including phenoxy) is 1. The third kappa shape index (κ3) is 7.88. The van der Waals surface area contributed by atoms with E-state index in [0.717, 1.165) is 36.4 Å². The van der Waals surface area contributed by atoms with Crippen LogP contribution in [0.5, 0.6) is 0 Å². The van der Waals surface area contributed by atoms with Gasteiger partial charge in [0, 0.05) is 36.8 Å². The predicted molar refractivity (Wildman–Crippen MR) is 151 cm³/mol. The number of piperidine rings is 1. The second-order valence-corrected chi connectivity index (χ2v) is 14.1. The van der Waals surface area contributed by atoms with Crippen molar-refractivity contribution in [1.29, 1.82) is 0 Å². The molecule has 3 N–H and O–H groups in total. The first-order valence-corrected chi connectivity index (χ1v) is 15.9. The fraction of sp³-hybridized carbons (Fsp3) is 0.571. The van der Waals surface area contributed by atoms with Gasteiger partial charge in [0.15, 0.2) is 15.4 Å². The van der Waals surface area contributed by atoms with Crippen LogP contribution in [0.25, 0.3) is 0 Å². The van der Waals surface area contributed by atoms with Crippen LogP contribution in [0.4, 0.5) is 0 Å². The Hall–Kier alpha value is -2.27. The molecule has 0 bridgehead atoms. The number of rotatable bonds is 10. The Morgan fingerprint density at radius 1 is 1.16 bits per heavy atom. The van der Waals surface area contributed by atoms with Crippen molar-refractivity contribution < 1.29 is 22.7 Å². The molecule has 2 unspecified atom stereocenters. The zero-order valence-corrected chi connectivity index (χ0v) is 24.7. The van der Waals surface area contributed by atoms with Crippen LogP contribution >= 0.6 is 11.3 Å². The highest BCUT2D eigenvalue weighted by Gasteiger charge is 2.41. The Morgan fingerprint density at radius 3 is 2.29 bits per heavy atom. The summed E-state index contributed by atoms with van der Waals surface area (Å²) < 4.78 is 29.2. The Kier molecular flexibility index (Phi) is 9.78. The first kappa shape index (κ1) is 30.3. The number of hydrogen-bond donors (Lipinski definition) is 2. The summed E-state index contributed by atoms with van der Waals surface area (Å²) >= 11 is 1.46. The molecule has 2 aromatic rings. The Balaban J connectivity index is 1.55. The molecule has 1 aliphatic rings. The third-order valence-corrected chi connectivity index (χ3v) is 9.09. The summed E-state index contributed by atoms with van der Waals surface area (Å²) in [5.74, 6) is -0.787. The van der Waals surface area contributed by atoms with E-state index in [0.29, 0.717) is 19.4 Å². The van der Waals surface area contributed by atoms with Gasteiger partial charge in [-0.25, -0.2) is 13.2 Å². The molecule has 2 heterocycles. The fourth-order valence-corrected chi connectivity index (χ4v) is 6.17. The monoisotopic (exact) mass is 563 g/mol. The molecule has 1 amide bonds. The zero-order chi connectivity index (χ0) is 28.1. The van der Waals surface area contributed by atoms with Gasteiger partial charge >= 0.3 is 5.97 Å². The van der Waals surface area contributed by atoms with Gasteiger partial charge in [0.2, 0.25) is 5.91 Å². The number of amides is 1. The summed E-state index contributed by atoms with van der Waals surface area (Å²) in [6, 6.07) is 10.4. The van der Waals surface area contributed by atoms with Gasteiger partial charge < -0.3 is 20.7 Å². The molecule has 210 valence electrons. The highest BCUT2D eigenvalue weighted by Crippen LogP contribution is 2.31. The number of esters is 1. The minimum atomic E-state index is -3.28. The minimum absolute atomic E-state index is 0.0401. The average molecular weight is 564 g/mol. The van der Waals surface area contributed by atoms with Gasteiger partial charge in [-0.15, -0.1) is 11.3 Å². The molecule has 38 heavy (non-hydrogen) atoms. The molecule has 0 spiro atoms. The van der Waals surface area contributed by atoms with Gasteiger partial charge in [-0.2, -0.15) is 0 Å². The number of nitrogens with one attached hydrogen (secondary N) is 1. The van der Waals surface area contributed by atoms with Crippen LogP contribution in [-0.4, -0.2) is 62.7 Å². The molecule has 1 fully saturated rings. The summed E-state index contributed by atoms with van der Waals surface area (Å²) in [6.07, 6.45) is 3.84. The van der Waals surface area contributed by atoms with Crippen molar-refractivity contribution in [2.45, 2.75) is 81.4 Å². The van der Waals surface area contributed by atoms with Crippen molar-refractivity contribution in [3.8, 4) is 0 Å². The molecule has 0 saturated carbocycles. The van der Waals surface area contributed by atoms with Gasteiger partial charge in [0.25, 0.3) is 0 Å². The maximum Gasteiger partial charge on any atom is 0.332 e. The predicted octanol–water partition coefficient (Wildman–Crippen LogP) is 3.81. The van der Waals surface area contributed by atoms with Crippen LogP contribution in [0.15, 0.2) is 46.7 Å². The van der Waals surface area contributed by atoms with Crippen molar-refractivity contribution in [2.75, 3.05) is 25.9 Å². The minimum Gasteiger partial charge on any atom is -0.458 e. The molecule has 0 radical (unpaired) electrons. The standard InChI is InChI=1S/C28H41N3O5S2/c1-6-23(20-9-11-22(12-10-20)38(5,34)35)25(32)30-21-13-16-31(17-14-21)18-15-28(29,24-8-7-19-37-24)26(33)36-27(2,3)4/h7-12,19,21,23H,6,13-18,29H2,1-5H3,(H,30,32). The lowest BCUT2D eigenvalue weighted by Gasteiger charge is -2.36. The number of sulfone groups is 1. The van der Waals surface area contributed by atoms with Crippen LogP contribution in [0.1, 0.15) is 69.7 Å². The van der Waals surface area contributed by atoms with Gasteiger partial charge in [0.05, 0.1) is 10.8 Å². The van der Waals surface area contributed by atoms with Crippen LogP contribution < -0.4 is 11.1 Å². The van der Waals surface area contributed by atoms with Gasteiger partial charge in [-0.1, -0.05) is 25.1 Å². The number of hydrogen-bond acceptors (Lipinski definition) is 8. The summed E-state index contributed by atoms with van der Waals surface area (Å²) in [4.78, 5) is 29.5. The van der Waals surface area contributed by atoms with Gasteiger partial charge in [0.1, 0.15) is 5.60 Å². The molecular formula is C28H41N3O5S2. The summed E-state index contributed by atoms with van der Waals surface area (Å²) in [7, 11) is -3.28. The molecule has 1 aliphatic heterocycles.